The molecule has 4 aromatic rings. The van der Waals surface area contributed by atoms with Gasteiger partial charge in [-0.3, -0.25) is 4.90 Å². The minimum absolute atomic E-state index is 0.0715. The summed E-state index contributed by atoms with van der Waals surface area (Å²) in [5.74, 6) is 0.730. The number of rotatable bonds is 10. The Labute approximate surface area is 242 Å². The van der Waals surface area contributed by atoms with Gasteiger partial charge in [0.25, 0.3) is 0 Å². The molecule has 0 bridgehead atoms. The van der Waals surface area contributed by atoms with Crippen LogP contribution in [0.4, 0.5) is 14.5 Å². The highest BCUT2D eigenvalue weighted by atomic mass is 35.5. The number of likely N-dealkylation sites (tertiary alicyclic amines) is 1. The number of anilines is 1. The number of aromatic nitrogens is 3. The van der Waals surface area contributed by atoms with Crippen molar-refractivity contribution in [3.8, 4) is 5.88 Å². The molecule has 5 rings (SSSR count). The van der Waals surface area contributed by atoms with Crippen LogP contribution in [0.2, 0.25) is 5.02 Å². The molecule has 0 atom stereocenters. The summed E-state index contributed by atoms with van der Waals surface area (Å²) < 4.78 is 39.6. The van der Waals surface area contributed by atoms with E-state index in [2.05, 4.69) is 10.2 Å². The largest absolute Gasteiger partial charge is 0.473 e. The molecule has 0 unspecified atom stereocenters. The molecule has 1 N–H and O–H groups in total. The Hall–Kier alpha value is -3.76. The number of hydrogen-bond donors (Lipinski definition) is 1. The molecule has 2 aromatic carbocycles. The number of carbonyl (C=O) groups excluding carboxylic acids is 1. The molecule has 216 valence electrons. The number of esters is 1. The van der Waals surface area contributed by atoms with Crippen LogP contribution in [-0.4, -0.2) is 58.8 Å². The molecule has 0 saturated carbocycles. The molecule has 1 fully saturated rings. The zero-order valence-electron chi connectivity index (χ0n) is 23.0. The van der Waals surface area contributed by atoms with Gasteiger partial charge in [-0.15, -0.1) is 0 Å². The fourth-order valence-corrected chi connectivity index (χ4v) is 5.30. The minimum atomic E-state index is -0.538. The van der Waals surface area contributed by atoms with E-state index in [9.17, 15) is 13.6 Å². The molecule has 11 heteroatoms. The summed E-state index contributed by atoms with van der Waals surface area (Å²) >= 11 is 5.84. The highest BCUT2D eigenvalue weighted by Crippen LogP contribution is 2.31. The third-order valence-electron chi connectivity index (χ3n) is 7.42. The van der Waals surface area contributed by atoms with Gasteiger partial charge in [-0.1, -0.05) is 23.7 Å². The molecule has 1 aliphatic heterocycles. The Morgan fingerprint density at radius 3 is 2.68 bits per heavy atom. The topological polar surface area (TPSA) is 81.5 Å². The number of pyridine rings is 1. The van der Waals surface area contributed by atoms with E-state index in [1.807, 2.05) is 23.7 Å². The van der Waals surface area contributed by atoms with Crippen LogP contribution in [0.25, 0.3) is 11.0 Å². The van der Waals surface area contributed by atoms with Crippen LogP contribution in [0.5, 0.6) is 5.88 Å². The van der Waals surface area contributed by atoms with Crippen LogP contribution < -0.4 is 10.1 Å². The van der Waals surface area contributed by atoms with Gasteiger partial charge in [-0.2, -0.15) is 0 Å². The second kappa shape index (κ2) is 12.8. The third-order valence-corrected chi connectivity index (χ3v) is 7.65. The number of halogens is 3. The van der Waals surface area contributed by atoms with Crippen molar-refractivity contribution < 1.29 is 23.0 Å². The van der Waals surface area contributed by atoms with E-state index in [1.54, 1.807) is 30.3 Å². The second-order valence-corrected chi connectivity index (χ2v) is 10.5. The van der Waals surface area contributed by atoms with Crippen molar-refractivity contribution in [2.45, 2.75) is 31.9 Å². The van der Waals surface area contributed by atoms with Crippen molar-refractivity contribution in [2.24, 2.45) is 7.05 Å². The lowest BCUT2D eigenvalue weighted by molar-refractivity contribution is 0.0601. The molecule has 0 aliphatic carbocycles. The first-order chi connectivity index (χ1) is 19.9. The molecule has 0 spiro atoms. The Balaban J connectivity index is 1.24. The Kier molecular flexibility index (Phi) is 8.99. The number of methoxy groups -OCH3 is 1. The number of imidazole rings is 1. The number of piperidine rings is 1. The number of fused-ring (bicyclic) bond motifs is 1. The van der Waals surface area contributed by atoms with Crippen molar-refractivity contribution in [3.05, 3.63) is 82.0 Å². The molecule has 41 heavy (non-hydrogen) atoms. The zero-order chi connectivity index (χ0) is 28.9. The van der Waals surface area contributed by atoms with Crippen molar-refractivity contribution in [3.63, 3.8) is 0 Å². The molecule has 1 aliphatic rings. The first-order valence-electron chi connectivity index (χ1n) is 13.5. The average molecular weight is 584 g/mol. The Bertz CT molecular complexity index is 1540. The van der Waals surface area contributed by atoms with Crippen LogP contribution in [0.1, 0.15) is 46.2 Å². The number of aryl methyl sites for hydroxylation is 1. The summed E-state index contributed by atoms with van der Waals surface area (Å²) in [5, 5.41) is 3.38. The first kappa shape index (κ1) is 28.8. The maximum Gasteiger partial charge on any atom is 0.338 e. The van der Waals surface area contributed by atoms with E-state index in [-0.39, 0.29) is 19.1 Å². The first-order valence-corrected chi connectivity index (χ1v) is 13.9. The van der Waals surface area contributed by atoms with Gasteiger partial charge in [0, 0.05) is 41.9 Å². The number of nitrogens with zero attached hydrogens (tertiary/aromatic N) is 4. The minimum Gasteiger partial charge on any atom is -0.473 e. The molecule has 0 amide bonds. The molecule has 8 nitrogen and oxygen atoms in total. The molecule has 2 aromatic heterocycles. The van der Waals surface area contributed by atoms with Crippen molar-refractivity contribution in [1.82, 2.24) is 19.4 Å². The van der Waals surface area contributed by atoms with E-state index in [4.69, 9.17) is 31.0 Å². The molecule has 0 radical (unpaired) electrons. The van der Waals surface area contributed by atoms with Gasteiger partial charge in [-0.25, -0.2) is 23.5 Å². The van der Waals surface area contributed by atoms with E-state index < -0.39 is 18.5 Å². The van der Waals surface area contributed by atoms with E-state index in [1.165, 1.54) is 13.2 Å². The number of nitrogens with one attached hydrogen (secondary N) is 1. The molecular weight excluding hydrogens is 552 g/mol. The molecule has 1 saturated heterocycles. The maximum absolute atomic E-state index is 14.1. The normalized spacial score (nSPS) is 14.4. The van der Waals surface area contributed by atoms with Crippen molar-refractivity contribution in [2.75, 3.05) is 38.7 Å². The lowest BCUT2D eigenvalue weighted by Crippen LogP contribution is -2.33. The van der Waals surface area contributed by atoms with Crippen LogP contribution in [0.3, 0.4) is 0 Å². The zero-order valence-corrected chi connectivity index (χ0v) is 23.8. The monoisotopic (exact) mass is 583 g/mol. The van der Waals surface area contributed by atoms with Gasteiger partial charge in [0.2, 0.25) is 5.88 Å². The van der Waals surface area contributed by atoms with Gasteiger partial charge in [0.05, 0.1) is 30.4 Å². The highest BCUT2D eigenvalue weighted by Gasteiger charge is 2.24. The van der Waals surface area contributed by atoms with Crippen molar-refractivity contribution in [1.29, 1.82) is 0 Å². The summed E-state index contributed by atoms with van der Waals surface area (Å²) in [6.45, 7) is 2.01. The van der Waals surface area contributed by atoms with E-state index in [0.29, 0.717) is 39.8 Å². The van der Waals surface area contributed by atoms with Crippen molar-refractivity contribution >= 4 is 34.3 Å². The lowest BCUT2D eigenvalue weighted by atomic mass is 9.93. The number of ether oxygens (including phenoxy) is 2. The molecule has 3 heterocycles. The van der Waals surface area contributed by atoms with Crippen LogP contribution in [-0.2, 0) is 24.9 Å². The number of benzene rings is 2. The highest BCUT2D eigenvalue weighted by molar-refractivity contribution is 6.30. The molecular formula is C30H32ClF2N5O3. The Morgan fingerprint density at radius 2 is 1.95 bits per heavy atom. The Morgan fingerprint density at radius 1 is 1.15 bits per heavy atom. The summed E-state index contributed by atoms with van der Waals surface area (Å²) in [6.07, 6.45) is 1.84. The SMILES string of the molecule is COC(=O)c1cc(NCCF)c2nc(CN3CCC(c4cccc(OCc5ccc(Cl)cc5F)n4)CC3)n(C)c2c1. The summed E-state index contributed by atoms with van der Waals surface area (Å²) in [4.78, 5) is 24.1. The van der Waals surface area contributed by atoms with Gasteiger partial charge < -0.3 is 19.4 Å². The van der Waals surface area contributed by atoms with Gasteiger partial charge in [0.15, 0.2) is 0 Å². The summed E-state index contributed by atoms with van der Waals surface area (Å²) in [6, 6.07) is 13.6. The lowest BCUT2D eigenvalue weighted by Gasteiger charge is -2.31. The maximum atomic E-state index is 14.1. The van der Waals surface area contributed by atoms with Crippen LogP contribution >= 0.6 is 11.6 Å². The number of alkyl halides is 1. The van der Waals surface area contributed by atoms with Gasteiger partial charge in [0.1, 0.15) is 30.4 Å². The smallest absolute Gasteiger partial charge is 0.338 e. The predicted octanol–water partition coefficient (Wildman–Crippen LogP) is 5.89. The van der Waals surface area contributed by atoms with Gasteiger partial charge >= 0.3 is 5.97 Å². The quantitative estimate of drug-likeness (QED) is 0.233. The predicted molar refractivity (Wildman–Crippen MR) is 154 cm³/mol. The van der Waals surface area contributed by atoms with E-state index >= 15 is 0 Å². The standard InChI is InChI=1S/C30H32ClF2N5O3/c1-37-26-15-21(30(39)40-2)14-25(34-11-10-32)29(26)36-27(37)17-38-12-8-19(9-13-38)24-4-3-5-28(35-24)41-18-20-6-7-22(31)16-23(20)33/h3-7,14-16,19,34H,8-13,17-18H2,1-2H3. The average Bonchev–Trinajstić information content (AvgIpc) is 3.30. The fraction of sp³-hybridized carbons (Fsp3) is 0.367. The van der Waals surface area contributed by atoms with Gasteiger partial charge in [-0.05, 0) is 56.3 Å². The second-order valence-electron chi connectivity index (χ2n) is 10.1. The number of carbonyl (C=O) groups is 1. The third kappa shape index (κ3) is 6.60. The summed E-state index contributed by atoms with van der Waals surface area (Å²) in [5.41, 5.74) is 3.84. The van der Waals surface area contributed by atoms with E-state index in [0.717, 1.165) is 43.0 Å². The van der Waals surface area contributed by atoms with Crippen LogP contribution in [0.15, 0.2) is 48.5 Å². The van der Waals surface area contributed by atoms with Crippen LogP contribution in [0, 0.1) is 5.82 Å². The number of hydrogen-bond acceptors (Lipinski definition) is 7. The summed E-state index contributed by atoms with van der Waals surface area (Å²) in [7, 11) is 3.25. The fourth-order valence-electron chi connectivity index (χ4n) is 5.15.